The number of H-pyrrole nitrogens is 1. The molecule has 10 heavy (non-hydrogen) atoms. The van der Waals surface area contributed by atoms with Gasteiger partial charge in [0.15, 0.2) is 0 Å². The molecule has 1 saturated carbocycles. The summed E-state index contributed by atoms with van der Waals surface area (Å²) >= 11 is 0. The van der Waals surface area contributed by atoms with Crippen LogP contribution in [-0.2, 0) is 6.54 Å². The van der Waals surface area contributed by atoms with Crippen LogP contribution in [0.4, 0.5) is 0 Å². The van der Waals surface area contributed by atoms with Gasteiger partial charge in [-0.2, -0.15) is 5.10 Å². The first-order valence-electron chi connectivity index (χ1n) is 3.64. The maximum Gasteiger partial charge on any atom is 0.0535 e. The highest BCUT2D eigenvalue weighted by atomic mass is 15.1. The van der Waals surface area contributed by atoms with E-state index in [0.29, 0.717) is 6.54 Å². The van der Waals surface area contributed by atoms with Gasteiger partial charge in [-0.25, -0.2) is 0 Å². The molecule has 0 saturated heterocycles. The fraction of sp³-hybridized carbons (Fsp3) is 0.571. The molecule has 0 bridgehead atoms. The highest BCUT2D eigenvalue weighted by molar-refractivity contribution is 5.23. The summed E-state index contributed by atoms with van der Waals surface area (Å²) in [6, 6.07) is 0. The predicted molar refractivity (Wildman–Crippen MR) is 38.5 cm³/mol. The molecule has 0 unspecified atom stereocenters. The molecule has 3 N–H and O–H groups in total. The van der Waals surface area contributed by atoms with Gasteiger partial charge in [-0.1, -0.05) is 0 Å². The summed E-state index contributed by atoms with van der Waals surface area (Å²) in [5.74, 6) is 0.737. The molecule has 1 aliphatic rings. The molecular weight excluding hydrogens is 126 g/mol. The maximum atomic E-state index is 5.50. The second-order valence-corrected chi connectivity index (χ2v) is 2.79. The lowest BCUT2D eigenvalue weighted by Crippen LogP contribution is -1.97. The van der Waals surface area contributed by atoms with Crippen molar-refractivity contribution in [1.29, 1.82) is 0 Å². The van der Waals surface area contributed by atoms with Crippen LogP contribution in [0.15, 0.2) is 6.20 Å². The quantitative estimate of drug-likeness (QED) is 0.631. The zero-order chi connectivity index (χ0) is 6.97. The van der Waals surface area contributed by atoms with Crippen LogP contribution in [-0.4, -0.2) is 10.2 Å². The van der Waals surface area contributed by atoms with E-state index in [4.69, 9.17) is 5.73 Å². The van der Waals surface area contributed by atoms with E-state index in [1.54, 1.807) is 0 Å². The van der Waals surface area contributed by atoms with Crippen molar-refractivity contribution >= 4 is 0 Å². The minimum absolute atomic E-state index is 0.613. The zero-order valence-corrected chi connectivity index (χ0v) is 5.80. The maximum absolute atomic E-state index is 5.50. The predicted octanol–water partition coefficient (Wildman–Crippen LogP) is 0.746. The Balaban J connectivity index is 2.28. The molecular formula is C7H11N3. The highest BCUT2D eigenvalue weighted by Crippen LogP contribution is 2.40. The molecule has 3 nitrogen and oxygen atoms in total. The fourth-order valence-electron chi connectivity index (χ4n) is 1.21. The van der Waals surface area contributed by atoms with E-state index in [2.05, 4.69) is 10.2 Å². The van der Waals surface area contributed by atoms with Crippen LogP contribution < -0.4 is 5.73 Å². The highest BCUT2D eigenvalue weighted by Gasteiger charge is 2.26. The Hall–Kier alpha value is -0.830. The second kappa shape index (κ2) is 2.09. The molecule has 1 aromatic rings. The third-order valence-corrected chi connectivity index (χ3v) is 1.96. The van der Waals surface area contributed by atoms with Gasteiger partial charge in [0.1, 0.15) is 0 Å². The van der Waals surface area contributed by atoms with Crippen LogP contribution in [0.2, 0.25) is 0 Å². The normalized spacial score (nSPS) is 17.7. The molecule has 1 aliphatic carbocycles. The number of nitrogens with zero attached hydrogens (tertiary/aromatic N) is 1. The lowest BCUT2D eigenvalue weighted by Gasteiger charge is -1.94. The molecule has 0 aliphatic heterocycles. The number of rotatable bonds is 2. The van der Waals surface area contributed by atoms with Gasteiger partial charge in [0, 0.05) is 23.7 Å². The molecule has 3 heteroatoms. The standard InChI is InChI=1S/C7H11N3/c8-3-6-4-9-10-7(6)5-1-2-5/h4-5H,1-3,8H2,(H,9,10). The van der Waals surface area contributed by atoms with E-state index in [1.807, 2.05) is 6.20 Å². The van der Waals surface area contributed by atoms with Crippen LogP contribution in [0.25, 0.3) is 0 Å². The van der Waals surface area contributed by atoms with E-state index in [9.17, 15) is 0 Å². The first-order chi connectivity index (χ1) is 4.92. The van der Waals surface area contributed by atoms with Crippen molar-refractivity contribution in [3.05, 3.63) is 17.5 Å². The largest absolute Gasteiger partial charge is 0.326 e. The van der Waals surface area contributed by atoms with Gasteiger partial charge >= 0.3 is 0 Å². The van der Waals surface area contributed by atoms with Crippen molar-refractivity contribution < 1.29 is 0 Å². The van der Waals surface area contributed by atoms with Gasteiger partial charge in [-0.3, -0.25) is 5.10 Å². The SMILES string of the molecule is NCc1cn[nH]c1C1CC1. The lowest BCUT2D eigenvalue weighted by molar-refractivity contribution is 0.938. The summed E-state index contributed by atoms with van der Waals surface area (Å²) in [6.45, 7) is 0.613. The van der Waals surface area contributed by atoms with Gasteiger partial charge in [-0.05, 0) is 12.8 Å². The first kappa shape index (κ1) is 5.92. The van der Waals surface area contributed by atoms with Gasteiger partial charge in [-0.15, -0.1) is 0 Å². The molecule has 1 fully saturated rings. The molecule has 0 aromatic carbocycles. The number of nitrogens with one attached hydrogen (secondary N) is 1. The van der Waals surface area contributed by atoms with E-state index >= 15 is 0 Å². The molecule has 1 heterocycles. The fourth-order valence-corrected chi connectivity index (χ4v) is 1.21. The number of hydrogen-bond acceptors (Lipinski definition) is 2. The van der Waals surface area contributed by atoms with Gasteiger partial charge in [0.05, 0.1) is 6.20 Å². The first-order valence-corrected chi connectivity index (χ1v) is 3.64. The summed E-state index contributed by atoms with van der Waals surface area (Å²) in [6.07, 6.45) is 4.43. The number of aromatic amines is 1. The number of nitrogens with two attached hydrogens (primary N) is 1. The minimum atomic E-state index is 0.613. The van der Waals surface area contributed by atoms with E-state index in [1.165, 1.54) is 24.1 Å². The van der Waals surface area contributed by atoms with E-state index in [-0.39, 0.29) is 0 Å². The van der Waals surface area contributed by atoms with Crippen molar-refractivity contribution in [2.24, 2.45) is 5.73 Å². The smallest absolute Gasteiger partial charge is 0.0535 e. The van der Waals surface area contributed by atoms with Crippen LogP contribution in [0.1, 0.15) is 30.0 Å². The van der Waals surface area contributed by atoms with Crippen LogP contribution in [0, 0.1) is 0 Å². The Bertz CT molecular complexity index is 225. The third kappa shape index (κ3) is 0.827. The van der Waals surface area contributed by atoms with Crippen molar-refractivity contribution in [3.8, 4) is 0 Å². The van der Waals surface area contributed by atoms with Gasteiger partial charge in [0.25, 0.3) is 0 Å². The Kier molecular flexibility index (Phi) is 1.24. The number of aromatic nitrogens is 2. The van der Waals surface area contributed by atoms with Crippen molar-refractivity contribution in [3.63, 3.8) is 0 Å². The molecule has 0 atom stereocenters. The lowest BCUT2D eigenvalue weighted by atomic mass is 10.2. The van der Waals surface area contributed by atoms with Crippen LogP contribution >= 0.6 is 0 Å². The third-order valence-electron chi connectivity index (χ3n) is 1.96. The summed E-state index contributed by atoms with van der Waals surface area (Å²) in [7, 11) is 0. The zero-order valence-electron chi connectivity index (χ0n) is 5.80. The topological polar surface area (TPSA) is 54.7 Å². The number of hydrogen-bond donors (Lipinski definition) is 2. The molecule has 2 rings (SSSR count). The Morgan fingerprint density at radius 1 is 1.70 bits per heavy atom. The molecule has 0 spiro atoms. The minimum Gasteiger partial charge on any atom is -0.326 e. The average Bonchev–Trinajstić information content (AvgIpc) is 2.69. The van der Waals surface area contributed by atoms with Crippen molar-refractivity contribution in [2.45, 2.75) is 25.3 Å². The Labute approximate surface area is 59.6 Å². The van der Waals surface area contributed by atoms with Crippen molar-refractivity contribution in [1.82, 2.24) is 10.2 Å². The van der Waals surface area contributed by atoms with Crippen molar-refractivity contribution in [2.75, 3.05) is 0 Å². The summed E-state index contributed by atoms with van der Waals surface area (Å²) in [5.41, 5.74) is 7.95. The monoisotopic (exact) mass is 137 g/mol. The Morgan fingerprint density at radius 2 is 2.50 bits per heavy atom. The molecule has 0 radical (unpaired) electrons. The van der Waals surface area contributed by atoms with E-state index < -0.39 is 0 Å². The second-order valence-electron chi connectivity index (χ2n) is 2.79. The van der Waals surface area contributed by atoms with Crippen LogP contribution in [0.5, 0.6) is 0 Å². The molecule has 0 amide bonds. The van der Waals surface area contributed by atoms with E-state index in [0.717, 1.165) is 5.92 Å². The summed E-state index contributed by atoms with van der Waals surface area (Å²) in [4.78, 5) is 0. The summed E-state index contributed by atoms with van der Waals surface area (Å²) < 4.78 is 0. The van der Waals surface area contributed by atoms with Gasteiger partial charge in [0.2, 0.25) is 0 Å². The average molecular weight is 137 g/mol. The van der Waals surface area contributed by atoms with Crippen LogP contribution in [0.3, 0.4) is 0 Å². The summed E-state index contributed by atoms with van der Waals surface area (Å²) in [5, 5.41) is 6.94. The molecule has 1 aromatic heterocycles. The molecule has 54 valence electrons. The Morgan fingerprint density at radius 3 is 3.10 bits per heavy atom. The van der Waals surface area contributed by atoms with Gasteiger partial charge < -0.3 is 5.73 Å².